The highest BCUT2D eigenvalue weighted by Gasteiger charge is 2.23. The molecule has 0 aromatic heterocycles. The van der Waals surface area contributed by atoms with E-state index in [-0.39, 0.29) is 11.7 Å². The van der Waals surface area contributed by atoms with Crippen LogP contribution in [-0.2, 0) is 14.4 Å². The summed E-state index contributed by atoms with van der Waals surface area (Å²) < 4.78 is 0. The zero-order valence-corrected chi connectivity index (χ0v) is 10.2. The highest BCUT2D eigenvalue weighted by Crippen LogP contribution is 2.18. The fourth-order valence-corrected chi connectivity index (χ4v) is 2.14. The summed E-state index contributed by atoms with van der Waals surface area (Å²) >= 11 is 1.34. The molecule has 1 fully saturated rings. The van der Waals surface area contributed by atoms with E-state index >= 15 is 0 Å². The molecule has 0 aromatic rings. The third kappa shape index (κ3) is 6.15. The molecule has 7 heteroatoms. The van der Waals surface area contributed by atoms with Gasteiger partial charge in [0.2, 0.25) is 12.3 Å². The first-order chi connectivity index (χ1) is 8.13. The first kappa shape index (κ1) is 13.8. The molecule has 17 heavy (non-hydrogen) atoms. The number of carbonyl (C=O) groups excluding carboxylic acids is 2. The number of carbonyl (C=O) groups is 3. The van der Waals surface area contributed by atoms with Crippen LogP contribution >= 0.6 is 11.8 Å². The topological polar surface area (TPSA) is 95.5 Å². The Hall–Kier alpha value is -1.24. The van der Waals surface area contributed by atoms with Crippen molar-refractivity contribution < 1.29 is 19.5 Å². The van der Waals surface area contributed by atoms with Crippen molar-refractivity contribution >= 4 is 30.0 Å². The minimum absolute atomic E-state index is 0.00946. The first-order valence-electron chi connectivity index (χ1n) is 5.43. The molecule has 3 N–H and O–H groups in total. The highest BCUT2D eigenvalue weighted by molar-refractivity contribution is 7.99. The molecule has 1 unspecified atom stereocenters. The highest BCUT2D eigenvalue weighted by atomic mass is 32.2. The summed E-state index contributed by atoms with van der Waals surface area (Å²) in [4.78, 5) is 32.1. The molecule has 6 nitrogen and oxygen atoms in total. The van der Waals surface area contributed by atoms with Crippen LogP contribution in [-0.4, -0.2) is 47.0 Å². The lowest BCUT2D eigenvalue weighted by Gasteiger charge is -2.10. The molecule has 1 atom stereocenters. The van der Waals surface area contributed by atoms with Crippen LogP contribution in [0.5, 0.6) is 0 Å². The Morgan fingerprint density at radius 2 is 2.18 bits per heavy atom. The van der Waals surface area contributed by atoms with Crippen LogP contribution in [0.15, 0.2) is 0 Å². The van der Waals surface area contributed by atoms with Crippen LogP contribution in [0, 0.1) is 0 Å². The first-order valence-corrected chi connectivity index (χ1v) is 6.58. The molecule has 1 aliphatic rings. The maximum absolute atomic E-state index is 11.3. The third-order valence-electron chi connectivity index (χ3n) is 2.27. The number of thioether (sulfide) groups is 1. The Labute approximate surface area is 104 Å². The minimum Gasteiger partial charge on any atom is -0.480 e. The van der Waals surface area contributed by atoms with Crippen molar-refractivity contribution in [2.45, 2.75) is 31.3 Å². The van der Waals surface area contributed by atoms with E-state index in [1.807, 2.05) is 0 Å². The fraction of sp³-hybridized carbons (Fsp3) is 0.700. The molecule has 1 rings (SSSR count). The van der Waals surface area contributed by atoms with Crippen molar-refractivity contribution in [3.8, 4) is 0 Å². The molecular formula is C10H16N2O4S. The van der Waals surface area contributed by atoms with Gasteiger partial charge in [-0.1, -0.05) is 0 Å². The lowest BCUT2D eigenvalue weighted by Crippen LogP contribution is -2.38. The average molecular weight is 260 g/mol. The van der Waals surface area contributed by atoms with E-state index in [1.165, 1.54) is 11.8 Å². The molecule has 0 saturated heterocycles. The standard InChI is InChI=1S/C10H16N2O4S/c13-6-11-8(10(15)16)5-17-4-3-9(14)12-7-1-2-7/h6-8H,1-5H2,(H,11,13)(H,12,14)(H,15,16). The zero-order valence-electron chi connectivity index (χ0n) is 9.35. The van der Waals surface area contributed by atoms with Gasteiger partial charge in [0.1, 0.15) is 6.04 Å². The molecular weight excluding hydrogens is 244 g/mol. The summed E-state index contributed by atoms with van der Waals surface area (Å²) in [5, 5.41) is 13.8. The molecule has 0 spiro atoms. The molecule has 0 aliphatic heterocycles. The van der Waals surface area contributed by atoms with Crippen molar-refractivity contribution in [3.63, 3.8) is 0 Å². The Balaban J connectivity index is 2.06. The summed E-state index contributed by atoms with van der Waals surface area (Å²) in [6.45, 7) is 0. The van der Waals surface area contributed by atoms with Crippen molar-refractivity contribution in [3.05, 3.63) is 0 Å². The van der Waals surface area contributed by atoms with Gasteiger partial charge in [-0.25, -0.2) is 4.79 Å². The number of carboxylic acid groups (broad SMARTS) is 1. The van der Waals surface area contributed by atoms with E-state index in [1.54, 1.807) is 0 Å². The van der Waals surface area contributed by atoms with Gasteiger partial charge >= 0.3 is 5.97 Å². The van der Waals surface area contributed by atoms with Gasteiger partial charge in [-0.3, -0.25) is 9.59 Å². The molecule has 0 aromatic carbocycles. The van der Waals surface area contributed by atoms with Gasteiger partial charge in [0.25, 0.3) is 0 Å². The van der Waals surface area contributed by atoms with Gasteiger partial charge in [0.15, 0.2) is 0 Å². The Kier molecular flexibility index (Phi) is 5.82. The molecule has 0 radical (unpaired) electrons. The number of carboxylic acids is 1. The molecule has 96 valence electrons. The van der Waals surface area contributed by atoms with Crippen LogP contribution in [0.25, 0.3) is 0 Å². The molecule has 0 heterocycles. The molecule has 0 bridgehead atoms. The number of amides is 2. The predicted octanol–water partition coefficient (Wildman–Crippen LogP) is -0.412. The largest absolute Gasteiger partial charge is 0.480 e. The van der Waals surface area contributed by atoms with Gasteiger partial charge in [-0.2, -0.15) is 11.8 Å². The zero-order chi connectivity index (χ0) is 12.7. The average Bonchev–Trinajstić information content (AvgIpc) is 3.06. The maximum Gasteiger partial charge on any atom is 0.327 e. The van der Waals surface area contributed by atoms with E-state index < -0.39 is 12.0 Å². The smallest absolute Gasteiger partial charge is 0.327 e. The second kappa shape index (κ2) is 7.16. The van der Waals surface area contributed by atoms with Gasteiger partial charge in [-0.15, -0.1) is 0 Å². The number of aliphatic carboxylic acids is 1. The summed E-state index contributed by atoms with van der Waals surface area (Å²) in [6, 6.07) is -0.528. The molecule has 1 saturated carbocycles. The summed E-state index contributed by atoms with van der Waals surface area (Å²) in [6.07, 6.45) is 2.88. The minimum atomic E-state index is -1.06. The number of hydrogen-bond acceptors (Lipinski definition) is 4. The summed E-state index contributed by atoms with van der Waals surface area (Å²) in [7, 11) is 0. The van der Waals surface area contributed by atoms with Gasteiger partial charge in [0, 0.05) is 24.0 Å². The quantitative estimate of drug-likeness (QED) is 0.387. The van der Waals surface area contributed by atoms with Gasteiger partial charge < -0.3 is 15.7 Å². The number of rotatable bonds is 9. The van der Waals surface area contributed by atoms with E-state index in [0.29, 0.717) is 24.6 Å². The van der Waals surface area contributed by atoms with E-state index in [0.717, 1.165) is 12.8 Å². The molecule has 1 aliphatic carbocycles. The van der Waals surface area contributed by atoms with Crippen LogP contribution in [0.1, 0.15) is 19.3 Å². The van der Waals surface area contributed by atoms with Gasteiger partial charge in [0.05, 0.1) is 0 Å². The Bertz CT molecular complexity index is 294. The fourth-order valence-electron chi connectivity index (χ4n) is 1.17. The lowest BCUT2D eigenvalue weighted by molar-refractivity contribution is -0.139. The number of nitrogens with one attached hydrogen (secondary N) is 2. The Morgan fingerprint density at radius 3 is 2.71 bits per heavy atom. The summed E-state index contributed by atoms with van der Waals surface area (Å²) in [5.74, 6) is -0.226. The van der Waals surface area contributed by atoms with Crippen LogP contribution < -0.4 is 10.6 Å². The second-order valence-corrected chi connectivity index (χ2v) is 4.99. The van der Waals surface area contributed by atoms with Crippen molar-refractivity contribution in [2.24, 2.45) is 0 Å². The van der Waals surface area contributed by atoms with E-state index in [9.17, 15) is 14.4 Å². The molecule has 2 amide bonds. The number of hydrogen-bond donors (Lipinski definition) is 3. The predicted molar refractivity (Wildman–Crippen MR) is 63.7 cm³/mol. The van der Waals surface area contributed by atoms with Crippen LogP contribution in [0.2, 0.25) is 0 Å². The second-order valence-electron chi connectivity index (χ2n) is 3.84. The van der Waals surface area contributed by atoms with Gasteiger partial charge in [-0.05, 0) is 12.8 Å². The summed E-state index contributed by atoms with van der Waals surface area (Å²) in [5.41, 5.74) is 0. The third-order valence-corrected chi connectivity index (χ3v) is 3.33. The van der Waals surface area contributed by atoms with Crippen LogP contribution in [0.3, 0.4) is 0 Å². The normalized spacial score (nSPS) is 16.0. The lowest BCUT2D eigenvalue weighted by atomic mass is 10.3. The van der Waals surface area contributed by atoms with Crippen LogP contribution in [0.4, 0.5) is 0 Å². The van der Waals surface area contributed by atoms with Crippen molar-refractivity contribution in [2.75, 3.05) is 11.5 Å². The van der Waals surface area contributed by atoms with Crippen molar-refractivity contribution in [1.82, 2.24) is 10.6 Å². The monoisotopic (exact) mass is 260 g/mol. The Morgan fingerprint density at radius 1 is 1.47 bits per heavy atom. The van der Waals surface area contributed by atoms with E-state index in [2.05, 4.69) is 10.6 Å². The van der Waals surface area contributed by atoms with Crippen molar-refractivity contribution in [1.29, 1.82) is 0 Å². The maximum atomic E-state index is 11.3. The SMILES string of the molecule is O=CNC(CSCCC(=O)NC1CC1)C(=O)O. The van der Waals surface area contributed by atoms with E-state index in [4.69, 9.17) is 5.11 Å².